The average Bonchev–Trinajstić information content (AvgIpc) is 1.90. The normalized spacial score (nSPS) is 11.6. The number of aliphatic carboxylic acids is 1. The van der Waals surface area contributed by atoms with Gasteiger partial charge in [0.15, 0.2) is 0 Å². The summed E-state index contributed by atoms with van der Waals surface area (Å²) < 4.78 is 0. The number of carbonyl (C=O) groups is 1. The number of hydrogen-bond donors (Lipinski definition) is 1. The van der Waals surface area contributed by atoms with Gasteiger partial charge in [0.25, 0.3) is 6.04 Å². The molecule has 0 rings (SSSR count). The minimum absolute atomic E-state index is 0.0162. The molecule has 0 spiro atoms. The van der Waals surface area contributed by atoms with Gasteiger partial charge < -0.3 is 9.95 Å². The Balaban J connectivity index is 4.20. The van der Waals surface area contributed by atoms with E-state index in [1.165, 1.54) is 0 Å². The fourth-order valence-corrected chi connectivity index (χ4v) is 0.558. The molecule has 1 N–H and O–H groups in total. The Morgan fingerprint density at radius 1 is 1.90 bits per heavy atom. The highest BCUT2D eigenvalue weighted by Gasteiger charge is 2.19. The molecule has 0 aliphatic heterocycles. The Hall–Kier alpha value is -1.30. The molecular formula is C7H9NO2. The molecule has 1 atom stereocenters. The van der Waals surface area contributed by atoms with Crippen molar-refractivity contribution in [3.05, 3.63) is 23.6 Å². The lowest BCUT2D eigenvalue weighted by atomic mass is 10.1. The van der Waals surface area contributed by atoms with E-state index in [4.69, 9.17) is 11.7 Å². The Morgan fingerprint density at radius 3 is 2.50 bits per heavy atom. The first-order valence-corrected chi connectivity index (χ1v) is 2.92. The number of carboxylic acid groups (broad SMARTS) is 1. The SMILES string of the molecule is [C-]#[N+]C(CC)C(=C)C(=O)O. The van der Waals surface area contributed by atoms with Crippen LogP contribution in [-0.4, -0.2) is 17.1 Å². The number of carboxylic acids is 1. The number of hydrogen-bond acceptors (Lipinski definition) is 1. The Morgan fingerprint density at radius 2 is 2.40 bits per heavy atom. The van der Waals surface area contributed by atoms with Gasteiger partial charge in [-0.25, -0.2) is 11.4 Å². The fraction of sp³-hybridized carbons (Fsp3) is 0.429. The lowest BCUT2D eigenvalue weighted by Crippen LogP contribution is -2.12. The molecule has 0 heterocycles. The van der Waals surface area contributed by atoms with Crippen molar-refractivity contribution < 1.29 is 9.90 Å². The smallest absolute Gasteiger partial charge is 0.338 e. The highest BCUT2D eigenvalue weighted by atomic mass is 16.4. The van der Waals surface area contributed by atoms with E-state index in [0.29, 0.717) is 6.42 Å². The predicted octanol–water partition coefficient (Wildman–Crippen LogP) is 1.33. The van der Waals surface area contributed by atoms with Gasteiger partial charge in [0.05, 0.1) is 0 Å². The third-order valence-corrected chi connectivity index (χ3v) is 1.22. The molecule has 0 saturated heterocycles. The maximum Gasteiger partial charge on any atom is 0.338 e. The monoisotopic (exact) mass is 139 g/mol. The topological polar surface area (TPSA) is 41.7 Å². The Bertz CT molecular complexity index is 190. The second-order valence-corrected chi connectivity index (χ2v) is 1.88. The van der Waals surface area contributed by atoms with Gasteiger partial charge >= 0.3 is 5.97 Å². The molecule has 0 aromatic carbocycles. The standard InChI is InChI=1S/C7H9NO2/c1-4-6(8-3)5(2)7(9)10/h6H,2,4H2,1H3,(H,9,10). The van der Waals surface area contributed by atoms with Gasteiger partial charge in [0.2, 0.25) is 0 Å². The molecule has 0 amide bonds. The van der Waals surface area contributed by atoms with E-state index in [1.54, 1.807) is 6.92 Å². The molecule has 0 fully saturated rings. The van der Waals surface area contributed by atoms with Gasteiger partial charge in [-0.05, 0) is 0 Å². The van der Waals surface area contributed by atoms with Crippen LogP contribution in [0.5, 0.6) is 0 Å². The zero-order valence-electron chi connectivity index (χ0n) is 5.79. The minimum Gasteiger partial charge on any atom is -0.478 e. The lowest BCUT2D eigenvalue weighted by molar-refractivity contribution is -0.132. The fourth-order valence-electron chi connectivity index (χ4n) is 0.558. The van der Waals surface area contributed by atoms with Gasteiger partial charge in [-0.2, -0.15) is 0 Å². The second-order valence-electron chi connectivity index (χ2n) is 1.88. The summed E-state index contributed by atoms with van der Waals surface area (Å²) >= 11 is 0. The van der Waals surface area contributed by atoms with Crippen LogP contribution < -0.4 is 0 Å². The van der Waals surface area contributed by atoms with Crippen molar-refractivity contribution >= 4 is 5.97 Å². The quantitative estimate of drug-likeness (QED) is 0.473. The van der Waals surface area contributed by atoms with Crippen molar-refractivity contribution in [2.45, 2.75) is 19.4 Å². The third-order valence-electron chi connectivity index (χ3n) is 1.22. The van der Waals surface area contributed by atoms with Crippen LogP contribution in [-0.2, 0) is 4.79 Å². The molecule has 0 saturated carbocycles. The predicted molar refractivity (Wildman–Crippen MR) is 37.5 cm³/mol. The zero-order chi connectivity index (χ0) is 8.15. The Labute approximate surface area is 59.8 Å². The van der Waals surface area contributed by atoms with Crippen LogP contribution in [0.15, 0.2) is 12.2 Å². The summed E-state index contributed by atoms with van der Waals surface area (Å²) in [6.07, 6.45) is 0.509. The van der Waals surface area contributed by atoms with Crippen LogP contribution in [0.25, 0.3) is 4.85 Å². The molecule has 54 valence electrons. The summed E-state index contributed by atoms with van der Waals surface area (Å²) in [4.78, 5) is 13.3. The van der Waals surface area contributed by atoms with Gasteiger partial charge in [0.1, 0.15) is 5.57 Å². The molecule has 0 radical (unpaired) electrons. The van der Waals surface area contributed by atoms with Crippen molar-refractivity contribution in [1.29, 1.82) is 0 Å². The van der Waals surface area contributed by atoms with E-state index in [9.17, 15) is 4.79 Å². The molecular weight excluding hydrogens is 130 g/mol. The third kappa shape index (κ3) is 1.90. The van der Waals surface area contributed by atoms with Crippen molar-refractivity contribution in [3.8, 4) is 0 Å². The van der Waals surface area contributed by atoms with E-state index in [0.717, 1.165) is 0 Å². The van der Waals surface area contributed by atoms with Crippen molar-refractivity contribution in [1.82, 2.24) is 0 Å². The van der Waals surface area contributed by atoms with Gasteiger partial charge in [0, 0.05) is 6.42 Å². The molecule has 10 heavy (non-hydrogen) atoms. The minimum atomic E-state index is -1.08. The molecule has 3 heteroatoms. The molecule has 0 aliphatic rings. The van der Waals surface area contributed by atoms with Crippen LogP contribution >= 0.6 is 0 Å². The first-order chi connectivity index (χ1) is 4.63. The molecule has 0 aromatic rings. The van der Waals surface area contributed by atoms with Crippen LogP contribution in [0, 0.1) is 6.57 Å². The highest BCUT2D eigenvalue weighted by Crippen LogP contribution is 2.07. The summed E-state index contributed by atoms with van der Waals surface area (Å²) in [7, 11) is 0. The second kappa shape index (κ2) is 3.67. The van der Waals surface area contributed by atoms with Crippen LogP contribution in [0.2, 0.25) is 0 Å². The number of nitrogens with zero attached hydrogens (tertiary/aromatic N) is 1. The molecule has 3 nitrogen and oxygen atoms in total. The Kier molecular flexibility index (Phi) is 3.20. The number of rotatable bonds is 3. The molecule has 0 aliphatic carbocycles. The van der Waals surface area contributed by atoms with Crippen LogP contribution in [0.3, 0.4) is 0 Å². The van der Waals surface area contributed by atoms with Crippen molar-refractivity contribution in [3.63, 3.8) is 0 Å². The lowest BCUT2D eigenvalue weighted by Gasteiger charge is -1.99. The zero-order valence-corrected chi connectivity index (χ0v) is 5.79. The van der Waals surface area contributed by atoms with Gasteiger partial charge in [-0.15, -0.1) is 0 Å². The summed E-state index contributed by atoms with van der Waals surface area (Å²) in [5.41, 5.74) is -0.0162. The van der Waals surface area contributed by atoms with E-state index >= 15 is 0 Å². The average molecular weight is 139 g/mol. The summed E-state index contributed by atoms with van der Waals surface area (Å²) in [6, 6.07) is -0.558. The van der Waals surface area contributed by atoms with E-state index in [1.807, 2.05) is 0 Å². The largest absolute Gasteiger partial charge is 0.478 e. The summed E-state index contributed by atoms with van der Waals surface area (Å²) in [5.74, 6) is -1.08. The van der Waals surface area contributed by atoms with Gasteiger partial charge in [-0.3, -0.25) is 0 Å². The molecule has 0 aromatic heterocycles. The maximum absolute atomic E-state index is 10.2. The van der Waals surface area contributed by atoms with E-state index < -0.39 is 12.0 Å². The van der Waals surface area contributed by atoms with Crippen molar-refractivity contribution in [2.24, 2.45) is 0 Å². The first-order valence-electron chi connectivity index (χ1n) is 2.92. The molecule has 0 bridgehead atoms. The molecule has 1 unspecified atom stereocenters. The van der Waals surface area contributed by atoms with E-state index in [-0.39, 0.29) is 5.57 Å². The van der Waals surface area contributed by atoms with E-state index in [2.05, 4.69) is 11.4 Å². The summed E-state index contributed by atoms with van der Waals surface area (Å²) in [6.45, 7) is 11.6. The maximum atomic E-state index is 10.2. The van der Waals surface area contributed by atoms with Crippen molar-refractivity contribution in [2.75, 3.05) is 0 Å². The summed E-state index contributed by atoms with van der Waals surface area (Å²) in [5, 5.41) is 8.37. The first kappa shape index (κ1) is 8.70. The van der Waals surface area contributed by atoms with Crippen LogP contribution in [0.4, 0.5) is 0 Å². The highest BCUT2D eigenvalue weighted by molar-refractivity contribution is 5.87. The van der Waals surface area contributed by atoms with Gasteiger partial charge in [-0.1, -0.05) is 13.5 Å². The van der Waals surface area contributed by atoms with Crippen LogP contribution in [0.1, 0.15) is 13.3 Å².